The van der Waals surface area contributed by atoms with Crippen LogP contribution in [0.3, 0.4) is 0 Å². The molecule has 1 aliphatic rings. The molecule has 8 heteroatoms. The summed E-state index contributed by atoms with van der Waals surface area (Å²) in [5.41, 5.74) is 0.896. The fourth-order valence-corrected chi connectivity index (χ4v) is 5.13. The predicted molar refractivity (Wildman–Crippen MR) is 84.2 cm³/mol. The molecule has 0 aliphatic carbocycles. The van der Waals surface area contributed by atoms with Gasteiger partial charge >= 0.3 is 0 Å². The highest BCUT2D eigenvalue weighted by molar-refractivity contribution is 8.01. The average molecular weight is 316 g/mol. The zero-order valence-corrected chi connectivity index (χ0v) is 13.6. The fraction of sp³-hybridized carbons (Fsp3) is 0.667. The number of anilines is 2. The van der Waals surface area contributed by atoms with Crippen LogP contribution in [0.15, 0.2) is 6.20 Å². The fourth-order valence-electron chi connectivity index (χ4n) is 2.16. The maximum Gasteiger partial charge on any atom is 0.224 e. The van der Waals surface area contributed by atoms with Gasteiger partial charge in [0, 0.05) is 42.6 Å². The van der Waals surface area contributed by atoms with Crippen molar-refractivity contribution in [3.05, 3.63) is 11.8 Å². The number of hydrogen-bond acceptors (Lipinski definition) is 7. The Morgan fingerprint density at radius 3 is 2.95 bits per heavy atom. The first kappa shape index (κ1) is 15.4. The summed E-state index contributed by atoms with van der Waals surface area (Å²) in [6, 6.07) is 0. The van der Waals surface area contributed by atoms with Crippen LogP contribution in [0.25, 0.3) is 0 Å². The second-order valence-corrected chi connectivity index (χ2v) is 8.22. The summed E-state index contributed by atoms with van der Waals surface area (Å²) in [6.07, 6.45) is 1.73. The number of aromatic nitrogens is 2. The van der Waals surface area contributed by atoms with Crippen LogP contribution in [-0.4, -0.2) is 54.6 Å². The van der Waals surface area contributed by atoms with E-state index in [0.29, 0.717) is 24.1 Å². The molecule has 1 fully saturated rings. The molecule has 1 aromatic rings. The van der Waals surface area contributed by atoms with E-state index in [1.165, 1.54) is 0 Å². The lowest BCUT2D eigenvalue weighted by Gasteiger charge is -2.36. The summed E-state index contributed by atoms with van der Waals surface area (Å²) < 4.78 is 24.6. The normalized spacial score (nSPS) is 19.9. The van der Waals surface area contributed by atoms with Gasteiger partial charge in [-0.25, -0.2) is 13.4 Å². The molecule has 0 saturated carbocycles. The van der Waals surface area contributed by atoms with Crippen LogP contribution in [0.4, 0.5) is 11.8 Å². The number of aryl methyl sites for hydroxylation is 1. The molecule has 1 atom stereocenters. The number of hydrogen-bond donors (Lipinski definition) is 1. The summed E-state index contributed by atoms with van der Waals surface area (Å²) in [6.45, 7) is 4.29. The van der Waals surface area contributed by atoms with Crippen molar-refractivity contribution in [2.75, 3.05) is 41.1 Å². The van der Waals surface area contributed by atoms with Gasteiger partial charge in [-0.1, -0.05) is 6.92 Å². The standard InChI is InChI=1S/C12H20N4O2S2/c1-4-20(17,18)10-8-19-6-5-16(10)11-9(2)7-14-12(13-3)15-11/h7,10H,4-6,8H2,1-3H3,(H,13,14,15). The number of nitrogens with zero attached hydrogens (tertiary/aromatic N) is 3. The molecule has 2 rings (SSSR count). The van der Waals surface area contributed by atoms with Gasteiger partial charge in [0.1, 0.15) is 11.2 Å². The van der Waals surface area contributed by atoms with Crippen LogP contribution in [0.2, 0.25) is 0 Å². The van der Waals surface area contributed by atoms with Crippen LogP contribution in [0, 0.1) is 6.92 Å². The molecule has 1 unspecified atom stereocenters. The number of nitrogens with one attached hydrogen (secondary N) is 1. The first-order valence-electron chi connectivity index (χ1n) is 6.57. The first-order valence-corrected chi connectivity index (χ1v) is 9.44. The molecule has 1 aromatic heterocycles. The van der Waals surface area contributed by atoms with E-state index in [0.717, 1.165) is 11.3 Å². The van der Waals surface area contributed by atoms with E-state index in [4.69, 9.17) is 0 Å². The Hall–Kier alpha value is -1.02. The molecule has 0 radical (unpaired) electrons. The third kappa shape index (κ3) is 3.01. The second kappa shape index (κ2) is 6.17. The zero-order valence-electron chi connectivity index (χ0n) is 12.0. The van der Waals surface area contributed by atoms with Crippen molar-refractivity contribution in [1.82, 2.24) is 9.97 Å². The number of rotatable bonds is 4. The minimum atomic E-state index is -3.13. The number of sulfone groups is 1. The van der Waals surface area contributed by atoms with Gasteiger partial charge in [0.2, 0.25) is 5.95 Å². The Labute approximate surface area is 124 Å². The van der Waals surface area contributed by atoms with Gasteiger partial charge in [0.25, 0.3) is 0 Å². The topological polar surface area (TPSA) is 75.2 Å². The molecule has 0 bridgehead atoms. The molecule has 1 aliphatic heterocycles. The molecular formula is C12H20N4O2S2. The van der Waals surface area contributed by atoms with E-state index in [9.17, 15) is 8.42 Å². The molecule has 112 valence electrons. The highest BCUT2D eigenvalue weighted by atomic mass is 32.2. The van der Waals surface area contributed by atoms with Crippen LogP contribution >= 0.6 is 11.8 Å². The zero-order chi connectivity index (χ0) is 14.8. The molecule has 0 spiro atoms. The Kier molecular flexibility index (Phi) is 4.74. The lowest BCUT2D eigenvalue weighted by atomic mass is 10.3. The molecular weight excluding hydrogens is 296 g/mol. The largest absolute Gasteiger partial charge is 0.357 e. The number of thioether (sulfide) groups is 1. The summed E-state index contributed by atoms with van der Waals surface area (Å²) in [7, 11) is -1.38. The molecule has 0 amide bonds. The van der Waals surface area contributed by atoms with Crippen molar-refractivity contribution >= 4 is 33.4 Å². The monoisotopic (exact) mass is 316 g/mol. The van der Waals surface area contributed by atoms with Gasteiger partial charge in [-0.2, -0.15) is 16.7 Å². The van der Waals surface area contributed by atoms with Gasteiger partial charge in [-0.15, -0.1) is 0 Å². The van der Waals surface area contributed by atoms with Gasteiger partial charge in [0.15, 0.2) is 9.84 Å². The quantitative estimate of drug-likeness (QED) is 0.892. The average Bonchev–Trinajstić information content (AvgIpc) is 2.48. The van der Waals surface area contributed by atoms with Crippen molar-refractivity contribution in [3.63, 3.8) is 0 Å². The Morgan fingerprint density at radius 2 is 2.30 bits per heavy atom. The smallest absolute Gasteiger partial charge is 0.224 e. The van der Waals surface area contributed by atoms with Crippen molar-refractivity contribution in [3.8, 4) is 0 Å². The maximum atomic E-state index is 12.3. The van der Waals surface area contributed by atoms with E-state index in [2.05, 4.69) is 15.3 Å². The lowest BCUT2D eigenvalue weighted by Crippen LogP contribution is -2.48. The summed E-state index contributed by atoms with van der Waals surface area (Å²) in [5, 5.41) is 2.40. The van der Waals surface area contributed by atoms with Gasteiger partial charge in [-0.3, -0.25) is 0 Å². The molecule has 6 nitrogen and oxygen atoms in total. The first-order chi connectivity index (χ1) is 9.49. The molecule has 2 heterocycles. The Bertz CT molecular complexity index is 577. The molecule has 20 heavy (non-hydrogen) atoms. The van der Waals surface area contributed by atoms with Gasteiger partial charge in [0.05, 0.1) is 0 Å². The summed E-state index contributed by atoms with van der Waals surface area (Å²) in [5.74, 6) is 2.88. The van der Waals surface area contributed by atoms with Gasteiger partial charge in [-0.05, 0) is 6.92 Å². The highest BCUT2D eigenvalue weighted by Crippen LogP contribution is 2.28. The van der Waals surface area contributed by atoms with Crippen molar-refractivity contribution in [2.45, 2.75) is 19.2 Å². The SMILES string of the molecule is CCS(=O)(=O)C1CSCCN1c1nc(NC)ncc1C. The predicted octanol–water partition coefficient (Wildman–Crippen LogP) is 1.14. The van der Waals surface area contributed by atoms with Crippen molar-refractivity contribution in [2.24, 2.45) is 0 Å². The third-order valence-electron chi connectivity index (χ3n) is 3.34. The summed E-state index contributed by atoms with van der Waals surface area (Å²) in [4.78, 5) is 10.5. The van der Waals surface area contributed by atoms with Crippen LogP contribution in [0.1, 0.15) is 12.5 Å². The molecule has 1 saturated heterocycles. The summed E-state index contributed by atoms with van der Waals surface area (Å²) >= 11 is 1.68. The third-order valence-corrected chi connectivity index (χ3v) is 6.63. The van der Waals surface area contributed by atoms with Crippen molar-refractivity contribution in [1.29, 1.82) is 0 Å². The Balaban J connectivity index is 2.42. The van der Waals surface area contributed by atoms with E-state index in [-0.39, 0.29) is 5.75 Å². The van der Waals surface area contributed by atoms with E-state index in [1.807, 2.05) is 11.8 Å². The van der Waals surface area contributed by atoms with Crippen LogP contribution in [0.5, 0.6) is 0 Å². The van der Waals surface area contributed by atoms with Crippen LogP contribution in [-0.2, 0) is 9.84 Å². The van der Waals surface area contributed by atoms with E-state index < -0.39 is 15.2 Å². The van der Waals surface area contributed by atoms with Crippen LogP contribution < -0.4 is 10.2 Å². The second-order valence-electron chi connectivity index (χ2n) is 4.62. The highest BCUT2D eigenvalue weighted by Gasteiger charge is 2.34. The minimum Gasteiger partial charge on any atom is -0.357 e. The Morgan fingerprint density at radius 1 is 1.55 bits per heavy atom. The maximum absolute atomic E-state index is 12.3. The molecule has 0 aromatic carbocycles. The van der Waals surface area contributed by atoms with E-state index >= 15 is 0 Å². The molecule has 1 N–H and O–H groups in total. The minimum absolute atomic E-state index is 0.151. The lowest BCUT2D eigenvalue weighted by molar-refractivity contribution is 0.578. The van der Waals surface area contributed by atoms with Crippen molar-refractivity contribution < 1.29 is 8.42 Å². The van der Waals surface area contributed by atoms with E-state index in [1.54, 1.807) is 31.9 Å². The van der Waals surface area contributed by atoms with Gasteiger partial charge < -0.3 is 10.2 Å².